The average molecular weight is 330 g/mol. The molecule has 1 atom stereocenters. The van der Waals surface area contributed by atoms with Crippen LogP contribution in [0, 0.1) is 0 Å². The smallest absolute Gasteiger partial charge is 0.410 e. The van der Waals surface area contributed by atoms with E-state index in [0.29, 0.717) is 17.5 Å². The number of fused-ring (bicyclic) bond motifs is 1. The molecule has 7 nitrogen and oxygen atoms in total. The summed E-state index contributed by atoms with van der Waals surface area (Å²) < 4.78 is 10.3. The van der Waals surface area contributed by atoms with Gasteiger partial charge in [0, 0.05) is 11.4 Å². The molecule has 1 aliphatic heterocycles. The van der Waals surface area contributed by atoms with E-state index in [0.717, 1.165) is 0 Å². The first-order chi connectivity index (χ1) is 11.5. The summed E-state index contributed by atoms with van der Waals surface area (Å²) in [7, 11) is 0. The van der Waals surface area contributed by atoms with Crippen molar-refractivity contribution in [3.8, 4) is 0 Å². The van der Waals surface area contributed by atoms with Gasteiger partial charge in [-0.25, -0.2) is 9.59 Å². The van der Waals surface area contributed by atoms with Gasteiger partial charge in [0.1, 0.15) is 17.3 Å². The number of hydrogen-bond donors (Lipinski definition) is 1. The number of benzene rings is 1. The molecule has 0 spiro atoms. The summed E-state index contributed by atoms with van der Waals surface area (Å²) in [6.07, 6.45) is -0.828. The van der Waals surface area contributed by atoms with Crippen molar-refractivity contribution in [2.45, 2.75) is 26.0 Å². The van der Waals surface area contributed by atoms with Gasteiger partial charge >= 0.3 is 11.7 Å². The third kappa shape index (κ3) is 3.10. The Kier molecular flexibility index (Phi) is 4.24. The van der Waals surface area contributed by atoms with Gasteiger partial charge in [-0.15, -0.1) is 0 Å². The lowest BCUT2D eigenvalue weighted by Crippen LogP contribution is -2.37. The SMILES string of the molecule is CC(C)N1CC(CNC(=O)c2cc3ccccc3oc2=O)OC1=O. The van der Waals surface area contributed by atoms with E-state index in [4.69, 9.17) is 9.15 Å². The molecule has 7 heteroatoms. The summed E-state index contributed by atoms with van der Waals surface area (Å²) in [5.41, 5.74) is -0.339. The Labute approximate surface area is 138 Å². The molecule has 0 aliphatic carbocycles. The highest BCUT2D eigenvalue weighted by molar-refractivity contribution is 5.96. The molecule has 0 bridgehead atoms. The number of carbonyl (C=O) groups is 2. The number of nitrogens with one attached hydrogen (secondary N) is 1. The molecule has 1 N–H and O–H groups in total. The lowest BCUT2D eigenvalue weighted by atomic mass is 10.2. The van der Waals surface area contributed by atoms with Gasteiger partial charge in [0.25, 0.3) is 5.91 Å². The van der Waals surface area contributed by atoms with Crippen LogP contribution in [0.15, 0.2) is 39.5 Å². The maximum absolute atomic E-state index is 12.2. The van der Waals surface area contributed by atoms with Gasteiger partial charge in [0.15, 0.2) is 0 Å². The zero-order valence-electron chi connectivity index (χ0n) is 13.4. The first-order valence-electron chi connectivity index (χ1n) is 7.74. The van der Waals surface area contributed by atoms with Crippen LogP contribution in [-0.4, -0.2) is 42.1 Å². The Morgan fingerprint density at radius 2 is 2.08 bits per heavy atom. The highest BCUT2D eigenvalue weighted by Crippen LogP contribution is 2.15. The van der Waals surface area contributed by atoms with Crippen molar-refractivity contribution in [2.24, 2.45) is 0 Å². The number of amides is 2. The number of para-hydroxylation sites is 1. The molecule has 1 saturated heterocycles. The molecule has 24 heavy (non-hydrogen) atoms. The second-order valence-electron chi connectivity index (χ2n) is 5.95. The molecule has 1 aromatic heterocycles. The first kappa shape index (κ1) is 16.0. The minimum absolute atomic E-state index is 0.0331. The van der Waals surface area contributed by atoms with Gasteiger partial charge in [-0.1, -0.05) is 18.2 Å². The molecule has 2 aromatic rings. The summed E-state index contributed by atoms with van der Waals surface area (Å²) in [6, 6.07) is 8.50. The van der Waals surface area contributed by atoms with Crippen molar-refractivity contribution in [3.05, 3.63) is 46.3 Å². The summed E-state index contributed by atoms with van der Waals surface area (Å²) in [5.74, 6) is -0.548. The molecule has 1 aliphatic rings. The van der Waals surface area contributed by atoms with Gasteiger partial charge in [-0.2, -0.15) is 0 Å². The van der Waals surface area contributed by atoms with Crippen molar-refractivity contribution < 1.29 is 18.7 Å². The zero-order chi connectivity index (χ0) is 17.3. The van der Waals surface area contributed by atoms with Crippen LogP contribution in [-0.2, 0) is 4.74 Å². The van der Waals surface area contributed by atoms with Crippen molar-refractivity contribution in [2.75, 3.05) is 13.1 Å². The molecular formula is C17H18N2O5. The van der Waals surface area contributed by atoms with Gasteiger partial charge in [0.2, 0.25) is 0 Å². The summed E-state index contributed by atoms with van der Waals surface area (Å²) in [6.45, 7) is 4.33. The predicted octanol–water partition coefficient (Wildman–Crippen LogP) is 1.75. The Balaban J connectivity index is 1.69. The van der Waals surface area contributed by atoms with Crippen molar-refractivity contribution in [3.63, 3.8) is 0 Å². The lowest BCUT2D eigenvalue weighted by molar-refractivity contribution is 0.0910. The normalized spacial score (nSPS) is 17.4. The average Bonchev–Trinajstić information content (AvgIpc) is 2.93. The van der Waals surface area contributed by atoms with Crippen LogP contribution >= 0.6 is 0 Å². The van der Waals surface area contributed by atoms with Crippen molar-refractivity contribution >= 4 is 23.0 Å². The predicted molar refractivity (Wildman–Crippen MR) is 86.9 cm³/mol. The van der Waals surface area contributed by atoms with E-state index < -0.39 is 23.7 Å². The van der Waals surface area contributed by atoms with E-state index in [9.17, 15) is 14.4 Å². The Bertz CT molecular complexity index is 842. The van der Waals surface area contributed by atoms with Crippen LogP contribution in [0.4, 0.5) is 4.79 Å². The quantitative estimate of drug-likeness (QED) is 0.863. The number of carbonyl (C=O) groups excluding carboxylic acids is 2. The van der Waals surface area contributed by atoms with E-state index in [1.165, 1.54) is 6.07 Å². The molecule has 0 saturated carbocycles. The van der Waals surface area contributed by atoms with Crippen molar-refractivity contribution in [1.82, 2.24) is 10.2 Å². The topological polar surface area (TPSA) is 88.8 Å². The fourth-order valence-corrected chi connectivity index (χ4v) is 2.59. The number of cyclic esters (lactones) is 1. The second-order valence-corrected chi connectivity index (χ2v) is 5.95. The molecule has 3 rings (SSSR count). The molecule has 1 unspecified atom stereocenters. The monoisotopic (exact) mass is 330 g/mol. The van der Waals surface area contributed by atoms with Crippen molar-refractivity contribution in [1.29, 1.82) is 0 Å². The Hall–Kier alpha value is -2.83. The summed E-state index contributed by atoms with van der Waals surface area (Å²) >= 11 is 0. The van der Waals surface area contributed by atoms with Gasteiger partial charge in [0.05, 0.1) is 13.1 Å². The molecule has 2 heterocycles. The van der Waals surface area contributed by atoms with E-state index in [2.05, 4.69) is 5.32 Å². The van der Waals surface area contributed by atoms with E-state index in [-0.39, 0.29) is 18.2 Å². The van der Waals surface area contributed by atoms with Gasteiger partial charge in [-0.05, 0) is 26.0 Å². The molecule has 0 radical (unpaired) electrons. The highest BCUT2D eigenvalue weighted by atomic mass is 16.6. The first-order valence-corrected chi connectivity index (χ1v) is 7.74. The molecular weight excluding hydrogens is 312 g/mol. The minimum Gasteiger partial charge on any atom is -0.442 e. The van der Waals surface area contributed by atoms with E-state index in [1.54, 1.807) is 29.2 Å². The fourth-order valence-electron chi connectivity index (χ4n) is 2.59. The third-order valence-electron chi connectivity index (χ3n) is 3.90. The standard InChI is InChI=1S/C17H18N2O5/c1-10(2)19-9-12(23-17(19)22)8-18-15(20)13-7-11-5-3-4-6-14(11)24-16(13)21/h3-7,10,12H,8-9H2,1-2H3,(H,18,20). The zero-order valence-corrected chi connectivity index (χ0v) is 13.4. The third-order valence-corrected chi connectivity index (χ3v) is 3.90. The fraction of sp³-hybridized carbons (Fsp3) is 0.353. The summed E-state index contributed by atoms with van der Waals surface area (Å²) in [5, 5.41) is 3.29. The highest BCUT2D eigenvalue weighted by Gasteiger charge is 2.33. The lowest BCUT2D eigenvalue weighted by Gasteiger charge is -2.16. The number of nitrogens with zero attached hydrogens (tertiary/aromatic N) is 1. The maximum atomic E-state index is 12.2. The maximum Gasteiger partial charge on any atom is 0.410 e. The molecule has 126 valence electrons. The van der Waals surface area contributed by atoms with Crippen LogP contribution in [0.25, 0.3) is 11.0 Å². The second kappa shape index (κ2) is 6.35. The van der Waals surface area contributed by atoms with Crippen LogP contribution in [0.3, 0.4) is 0 Å². The molecule has 1 fully saturated rings. The largest absolute Gasteiger partial charge is 0.442 e. The Morgan fingerprint density at radius 1 is 1.33 bits per heavy atom. The van der Waals surface area contributed by atoms with Crippen LogP contribution < -0.4 is 10.9 Å². The summed E-state index contributed by atoms with van der Waals surface area (Å²) in [4.78, 5) is 37.4. The van der Waals surface area contributed by atoms with Crippen LogP contribution in [0.5, 0.6) is 0 Å². The van der Waals surface area contributed by atoms with Crippen LogP contribution in [0.2, 0.25) is 0 Å². The Morgan fingerprint density at radius 3 is 2.79 bits per heavy atom. The molecule has 2 amide bonds. The number of rotatable bonds is 4. The molecule has 1 aromatic carbocycles. The number of hydrogen-bond acceptors (Lipinski definition) is 5. The number of ether oxygens (including phenoxy) is 1. The van der Waals surface area contributed by atoms with Gasteiger partial charge in [-0.3, -0.25) is 4.79 Å². The van der Waals surface area contributed by atoms with Gasteiger partial charge < -0.3 is 19.4 Å². The van der Waals surface area contributed by atoms with E-state index in [1.807, 2.05) is 13.8 Å². The van der Waals surface area contributed by atoms with Crippen LogP contribution in [0.1, 0.15) is 24.2 Å². The van der Waals surface area contributed by atoms with E-state index >= 15 is 0 Å². The minimum atomic E-state index is -0.696.